The van der Waals surface area contributed by atoms with Crippen LogP contribution in [0.25, 0.3) is 0 Å². The standard InChI is InChI=1S/C13H17F2N/c1-4-11-5-7-12(8-6-11)9-16-10(2)13(3,14)15/h5-8H,4,9H2,1-3H3. The van der Waals surface area contributed by atoms with E-state index in [1.165, 1.54) is 12.5 Å². The number of hydrogen-bond acceptors (Lipinski definition) is 1. The maximum atomic E-state index is 12.8. The summed E-state index contributed by atoms with van der Waals surface area (Å²) in [5, 5.41) is 0. The van der Waals surface area contributed by atoms with Gasteiger partial charge in [-0.05, 0) is 24.5 Å². The van der Waals surface area contributed by atoms with E-state index < -0.39 is 5.92 Å². The summed E-state index contributed by atoms with van der Waals surface area (Å²) in [6.07, 6.45) is 0.982. The van der Waals surface area contributed by atoms with Crippen molar-refractivity contribution in [3.8, 4) is 0 Å². The van der Waals surface area contributed by atoms with Crippen molar-refractivity contribution in [2.24, 2.45) is 4.99 Å². The first-order valence-corrected chi connectivity index (χ1v) is 5.40. The lowest BCUT2D eigenvalue weighted by atomic mass is 10.1. The molecule has 16 heavy (non-hydrogen) atoms. The summed E-state index contributed by atoms with van der Waals surface area (Å²) >= 11 is 0. The second-order valence-corrected chi connectivity index (χ2v) is 3.96. The van der Waals surface area contributed by atoms with Crippen LogP contribution in [0.5, 0.6) is 0 Å². The van der Waals surface area contributed by atoms with Crippen LogP contribution in [0.4, 0.5) is 8.78 Å². The Balaban J connectivity index is 2.67. The van der Waals surface area contributed by atoms with E-state index in [2.05, 4.69) is 11.9 Å². The highest BCUT2D eigenvalue weighted by molar-refractivity contribution is 5.88. The van der Waals surface area contributed by atoms with Gasteiger partial charge >= 0.3 is 0 Å². The summed E-state index contributed by atoms with van der Waals surface area (Å²) in [5.41, 5.74) is 2.08. The second-order valence-electron chi connectivity index (χ2n) is 3.96. The minimum atomic E-state index is -2.82. The van der Waals surface area contributed by atoms with Crippen LogP contribution in [0.1, 0.15) is 31.9 Å². The van der Waals surface area contributed by atoms with Crippen molar-refractivity contribution in [3.63, 3.8) is 0 Å². The fourth-order valence-corrected chi connectivity index (χ4v) is 1.23. The van der Waals surface area contributed by atoms with Gasteiger partial charge in [-0.1, -0.05) is 31.2 Å². The summed E-state index contributed by atoms with van der Waals surface area (Å²) < 4.78 is 25.6. The van der Waals surface area contributed by atoms with E-state index in [4.69, 9.17) is 0 Å². The molecular formula is C13H17F2N. The molecule has 1 nitrogen and oxygen atoms in total. The van der Waals surface area contributed by atoms with E-state index in [1.807, 2.05) is 24.3 Å². The number of benzene rings is 1. The lowest BCUT2D eigenvalue weighted by Crippen LogP contribution is -2.21. The minimum absolute atomic E-state index is 0.118. The van der Waals surface area contributed by atoms with Gasteiger partial charge in [-0.25, -0.2) is 8.78 Å². The monoisotopic (exact) mass is 225 g/mol. The molecule has 1 aromatic carbocycles. The van der Waals surface area contributed by atoms with Gasteiger partial charge in [0.2, 0.25) is 0 Å². The molecule has 0 amide bonds. The zero-order valence-corrected chi connectivity index (χ0v) is 9.93. The van der Waals surface area contributed by atoms with Gasteiger partial charge in [0.15, 0.2) is 0 Å². The molecule has 0 atom stereocenters. The van der Waals surface area contributed by atoms with Crippen LogP contribution in [0, 0.1) is 0 Å². The van der Waals surface area contributed by atoms with Crippen LogP contribution in [-0.4, -0.2) is 11.6 Å². The minimum Gasteiger partial charge on any atom is -0.283 e. The van der Waals surface area contributed by atoms with Crippen molar-refractivity contribution >= 4 is 5.71 Å². The van der Waals surface area contributed by atoms with Crippen LogP contribution in [0.2, 0.25) is 0 Å². The zero-order chi connectivity index (χ0) is 12.2. The average molecular weight is 225 g/mol. The highest BCUT2D eigenvalue weighted by Gasteiger charge is 2.24. The molecule has 0 N–H and O–H groups in total. The largest absolute Gasteiger partial charge is 0.283 e. The number of rotatable bonds is 4. The fourth-order valence-electron chi connectivity index (χ4n) is 1.23. The molecule has 0 bridgehead atoms. The topological polar surface area (TPSA) is 12.4 Å². The third-order valence-electron chi connectivity index (χ3n) is 2.57. The summed E-state index contributed by atoms with van der Waals surface area (Å²) in [4.78, 5) is 3.89. The van der Waals surface area contributed by atoms with Gasteiger partial charge in [-0.3, -0.25) is 4.99 Å². The van der Waals surface area contributed by atoms with E-state index in [0.717, 1.165) is 18.9 Å². The number of hydrogen-bond donors (Lipinski definition) is 0. The number of aryl methyl sites for hydroxylation is 1. The van der Waals surface area contributed by atoms with Crippen LogP contribution >= 0.6 is 0 Å². The summed E-state index contributed by atoms with van der Waals surface area (Å²) in [6.45, 7) is 4.63. The van der Waals surface area contributed by atoms with Crippen molar-refractivity contribution < 1.29 is 8.78 Å². The third-order valence-corrected chi connectivity index (χ3v) is 2.57. The molecule has 0 unspecified atom stereocenters. The van der Waals surface area contributed by atoms with Gasteiger partial charge in [0.1, 0.15) is 0 Å². The molecule has 88 valence electrons. The van der Waals surface area contributed by atoms with E-state index in [1.54, 1.807) is 0 Å². The number of nitrogens with zero attached hydrogens (tertiary/aromatic N) is 1. The number of aliphatic imine (C=N–C) groups is 1. The first-order chi connectivity index (χ1) is 7.43. The SMILES string of the molecule is CCc1ccc(CN=C(C)C(C)(F)F)cc1. The Morgan fingerprint density at radius 3 is 2.12 bits per heavy atom. The smallest absolute Gasteiger partial charge is 0.282 e. The van der Waals surface area contributed by atoms with Crippen LogP contribution in [0.15, 0.2) is 29.3 Å². The quantitative estimate of drug-likeness (QED) is 0.690. The third kappa shape index (κ3) is 3.72. The molecule has 0 spiro atoms. The van der Waals surface area contributed by atoms with Gasteiger partial charge < -0.3 is 0 Å². The van der Waals surface area contributed by atoms with E-state index in [9.17, 15) is 8.78 Å². The number of alkyl halides is 2. The molecule has 0 radical (unpaired) electrons. The highest BCUT2D eigenvalue weighted by atomic mass is 19.3. The fraction of sp³-hybridized carbons (Fsp3) is 0.462. The van der Waals surface area contributed by atoms with E-state index in [-0.39, 0.29) is 5.71 Å². The molecule has 0 aromatic heterocycles. The van der Waals surface area contributed by atoms with Crippen molar-refractivity contribution in [2.45, 2.75) is 39.7 Å². The Kier molecular flexibility index (Phi) is 4.16. The first-order valence-electron chi connectivity index (χ1n) is 5.40. The van der Waals surface area contributed by atoms with Gasteiger partial charge in [-0.2, -0.15) is 0 Å². The molecular weight excluding hydrogens is 208 g/mol. The molecule has 0 aliphatic heterocycles. The van der Waals surface area contributed by atoms with Crippen molar-refractivity contribution in [3.05, 3.63) is 35.4 Å². The van der Waals surface area contributed by atoms with Crippen LogP contribution in [-0.2, 0) is 13.0 Å². The lowest BCUT2D eigenvalue weighted by molar-refractivity contribution is 0.0994. The Hall–Kier alpha value is -1.25. The van der Waals surface area contributed by atoms with Gasteiger partial charge in [-0.15, -0.1) is 0 Å². The predicted octanol–water partition coefficient (Wildman–Crippen LogP) is 3.87. The molecule has 0 aliphatic carbocycles. The normalized spacial score (nSPS) is 12.9. The van der Waals surface area contributed by atoms with E-state index >= 15 is 0 Å². The Bertz CT molecular complexity index is 361. The zero-order valence-electron chi connectivity index (χ0n) is 9.93. The van der Waals surface area contributed by atoms with Crippen molar-refractivity contribution in [1.29, 1.82) is 0 Å². The Morgan fingerprint density at radius 1 is 1.19 bits per heavy atom. The molecule has 0 aliphatic rings. The van der Waals surface area contributed by atoms with Gasteiger partial charge in [0, 0.05) is 6.92 Å². The highest BCUT2D eigenvalue weighted by Crippen LogP contribution is 2.15. The average Bonchev–Trinajstić information content (AvgIpc) is 2.25. The van der Waals surface area contributed by atoms with E-state index in [0.29, 0.717) is 6.54 Å². The molecule has 1 aromatic rings. The summed E-state index contributed by atoms with van der Waals surface area (Å²) in [7, 11) is 0. The molecule has 0 saturated heterocycles. The predicted molar refractivity (Wildman–Crippen MR) is 63.3 cm³/mol. The first kappa shape index (κ1) is 12.8. The summed E-state index contributed by atoms with van der Waals surface area (Å²) in [6, 6.07) is 7.88. The Morgan fingerprint density at radius 2 is 1.69 bits per heavy atom. The molecule has 0 saturated carbocycles. The summed E-state index contributed by atoms with van der Waals surface area (Å²) in [5.74, 6) is -2.82. The maximum absolute atomic E-state index is 12.8. The number of halogens is 2. The molecule has 1 rings (SSSR count). The van der Waals surface area contributed by atoms with Crippen molar-refractivity contribution in [1.82, 2.24) is 0 Å². The molecule has 3 heteroatoms. The molecule has 0 fully saturated rings. The lowest BCUT2D eigenvalue weighted by Gasteiger charge is -2.09. The Labute approximate surface area is 95.2 Å². The molecule has 0 heterocycles. The van der Waals surface area contributed by atoms with Crippen LogP contribution in [0.3, 0.4) is 0 Å². The maximum Gasteiger partial charge on any atom is 0.282 e. The second kappa shape index (κ2) is 5.19. The van der Waals surface area contributed by atoms with Crippen LogP contribution < -0.4 is 0 Å². The van der Waals surface area contributed by atoms with Crippen molar-refractivity contribution in [2.75, 3.05) is 0 Å². The van der Waals surface area contributed by atoms with Gasteiger partial charge in [0.05, 0.1) is 12.3 Å². The van der Waals surface area contributed by atoms with Gasteiger partial charge in [0.25, 0.3) is 5.92 Å².